The van der Waals surface area contributed by atoms with Crippen molar-refractivity contribution in [3.8, 4) is 0 Å². The molecule has 1 fully saturated rings. The summed E-state index contributed by atoms with van der Waals surface area (Å²) in [5.41, 5.74) is 0. The smallest absolute Gasteiger partial charge is 0.303 e. The van der Waals surface area contributed by atoms with E-state index in [1.165, 1.54) is 0 Å². The molecule has 1 saturated heterocycles. The summed E-state index contributed by atoms with van der Waals surface area (Å²) < 4.78 is 0. The highest BCUT2D eigenvalue weighted by Crippen LogP contribution is 2.20. The number of piperidine rings is 1. The number of nitrogens with one attached hydrogen (secondary N) is 1. The Bertz CT molecular complexity index is 336. The minimum Gasteiger partial charge on any atom is -0.481 e. The average molecular weight is 270 g/mol. The summed E-state index contributed by atoms with van der Waals surface area (Å²) in [7, 11) is 0. The van der Waals surface area contributed by atoms with Gasteiger partial charge in [0.1, 0.15) is 0 Å². The van der Waals surface area contributed by atoms with E-state index in [9.17, 15) is 14.4 Å². The fraction of sp³-hybridized carbons (Fsp3) is 0.769. The van der Waals surface area contributed by atoms with Crippen molar-refractivity contribution < 1.29 is 19.5 Å². The van der Waals surface area contributed by atoms with E-state index in [0.29, 0.717) is 19.5 Å². The molecule has 6 nitrogen and oxygen atoms in total. The summed E-state index contributed by atoms with van der Waals surface area (Å²) in [5, 5.41) is 11.3. The van der Waals surface area contributed by atoms with Crippen LogP contribution in [0.15, 0.2) is 0 Å². The van der Waals surface area contributed by atoms with Crippen molar-refractivity contribution in [3.63, 3.8) is 0 Å². The summed E-state index contributed by atoms with van der Waals surface area (Å²) in [6.45, 7) is 3.12. The molecule has 108 valence electrons. The van der Waals surface area contributed by atoms with Gasteiger partial charge in [0.25, 0.3) is 0 Å². The molecule has 0 spiro atoms. The summed E-state index contributed by atoms with van der Waals surface area (Å²) in [4.78, 5) is 35.4. The van der Waals surface area contributed by atoms with Crippen molar-refractivity contribution >= 4 is 17.8 Å². The standard InChI is InChI=1S/C13H22N2O4/c1-2-3-11(16)14-9-12(17)15-6-4-10(5-7-15)8-13(18)19/h10H,2-9H2,1H3,(H,14,16)(H,18,19). The van der Waals surface area contributed by atoms with E-state index in [1.54, 1.807) is 4.90 Å². The third-order valence-electron chi connectivity index (χ3n) is 3.34. The van der Waals surface area contributed by atoms with E-state index in [0.717, 1.165) is 19.3 Å². The predicted octanol–water partition coefficient (Wildman–Crippen LogP) is 0.616. The molecular formula is C13H22N2O4. The van der Waals surface area contributed by atoms with Crippen LogP contribution in [-0.2, 0) is 14.4 Å². The van der Waals surface area contributed by atoms with Crippen molar-refractivity contribution in [3.05, 3.63) is 0 Å². The minimum atomic E-state index is -0.781. The molecule has 2 N–H and O–H groups in total. The van der Waals surface area contributed by atoms with Crippen molar-refractivity contribution in [2.75, 3.05) is 19.6 Å². The zero-order valence-electron chi connectivity index (χ0n) is 11.4. The van der Waals surface area contributed by atoms with E-state index >= 15 is 0 Å². The molecule has 19 heavy (non-hydrogen) atoms. The number of carboxylic acid groups (broad SMARTS) is 1. The molecule has 0 bridgehead atoms. The highest BCUT2D eigenvalue weighted by Gasteiger charge is 2.24. The maximum Gasteiger partial charge on any atom is 0.303 e. The monoisotopic (exact) mass is 270 g/mol. The van der Waals surface area contributed by atoms with Gasteiger partial charge in [-0.3, -0.25) is 14.4 Å². The molecule has 1 rings (SSSR count). The third kappa shape index (κ3) is 5.72. The first-order chi connectivity index (χ1) is 9.02. The highest BCUT2D eigenvalue weighted by atomic mass is 16.4. The highest BCUT2D eigenvalue weighted by molar-refractivity contribution is 5.84. The van der Waals surface area contributed by atoms with E-state index in [-0.39, 0.29) is 30.7 Å². The van der Waals surface area contributed by atoms with Crippen LogP contribution in [0, 0.1) is 5.92 Å². The molecule has 1 aliphatic heterocycles. The largest absolute Gasteiger partial charge is 0.481 e. The number of amides is 2. The lowest BCUT2D eigenvalue weighted by atomic mass is 9.93. The van der Waals surface area contributed by atoms with Gasteiger partial charge in [0.15, 0.2) is 0 Å². The first-order valence-electron chi connectivity index (χ1n) is 6.79. The summed E-state index contributed by atoms with van der Waals surface area (Å²) in [6.07, 6.45) is 2.83. The number of carboxylic acids is 1. The Hall–Kier alpha value is -1.59. The number of hydrogen-bond acceptors (Lipinski definition) is 3. The fourth-order valence-corrected chi connectivity index (χ4v) is 2.23. The fourth-order valence-electron chi connectivity index (χ4n) is 2.23. The van der Waals surface area contributed by atoms with Gasteiger partial charge in [-0.25, -0.2) is 0 Å². The third-order valence-corrected chi connectivity index (χ3v) is 3.34. The predicted molar refractivity (Wildman–Crippen MR) is 69.5 cm³/mol. The van der Waals surface area contributed by atoms with Crippen LogP contribution in [0.3, 0.4) is 0 Å². The first kappa shape index (κ1) is 15.5. The Labute approximate surface area is 113 Å². The molecule has 6 heteroatoms. The van der Waals surface area contributed by atoms with Crippen LogP contribution in [0.25, 0.3) is 0 Å². The van der Waals surface area contributed by atoms with E-state index in [1.807, 2.05) is 6.92 Å². The molecule has 0 aliphatic carbocycles. The van der Waals surface area contributed by atoms with Crippen LogP contribution in [-0.4, -0.2) is 47.4 Å². The maximum absolute atomic E-state index is 11.8. The molecule has 0 aromatic heterocycles. The summed E-state index contributed by atoms with van der Waals surface area (Å²) in [6, 6.07) is 0. The molecule has 0 saturated carbocycles. The van der Waals surface area contributed by atoms with E-state index in [4.69, 9.17) is 5.11 Å². The lowest BCUT2D eigenvalue weighted by Gasteiger charge is -2.31. The second-order valence-electron chi connectivity index (χ2n) is 4.95. The Morgan fingerprint density at radius 3 is 2.42 bits per heavy atom. The normalized spacial score (nSPS) is 16.2. The molecular weight excluding hydrogens is 248 g/mol. The van der Waals surface area contributed by atoms with Gasteiger partial charge in [0.05, 0.1) is 6.54 Å². The topological polar surface area (TPSA) is 86.7 Å². The molecule has 0 aromatic carbocycles. The molecule has 0 radical (unpaired) electrons. The zero-order chi connectivity index (χ0) is 14.3. The van der Waals surface area contributed by atoms with Gasteiger partial charge < -0.3 is 15.3 Å². The SMILES string of the molecule is CCCC(=O)NCC(=O)N1CCC(CC(=O)O)CC1. The second-order valence-corrected chi connectivity index (χ2v) is 4.95. The molecule has 0 aromatic rings. The summed E-state index contributed by atoms with van der Waals surface area (Å²) >= 11 is 0. The van der Waals surface area contributed by atoms with Crippen LogP contribution in [0.4, 0.5) is 0 Å². The molecule has 2 amide bonds. The van der Waals surface area contributed by atoms with Gasteiger partial charge in [-0.05, 0) is 25.2 Å². The first-order valence-corrected chi connectivity index (χ1v) is 6.79. The molecule has 1 heterocycles. The lowest BCUT2D eigenvalue weighted by molar-refractivity contribution is -0.139. The van der Waals surface area contributed by atoms with Crippen molar-refractivity contribution in [2.24, 2.45) is 5.92 Å². The number of carbonyl (C=O) groups excluding carboxylic acids is 2. The Kier molecular flexibility index (Phi) is 6.32. The van der Waals surface area contributed by atoms with Gasteiger partial charge >= 0.3 is 5.97 Å². The van der Waals surface area contributed by atoms with Gasteiger partial charge in [-0.15, -0.1) is 0 Å². The van der Waals surface area contributed by atoms with Gasteiger partial charge in [-0.2, -0.15) is 0 Å². The second kappa shape index (κ2) is 7.76. The number of rotatable bonds is 6. The maximum atomic E-state index is 11.8. The number of carbonyl (C=O) groups is 3. The zero-order valence-corrected chi connectivity index (χ0v) is 11.4. The minimum absolute atomic E-state index is 0.0441. The van der Waals surface area contributed by atoms with Crippen molar-refractivity contribution in [2.45, 2.75) is 39.0 Å². The average Bonchev–Trinajstić information content (AvgIpc) is 2.36. The molecule has 0 unspecified atom stereocenters. The summed E-state index contributed by atoms with van der Waals surface area (Å²) in [5.74, 6) is -0.803. The number of nitrogens with zero attached hydrogens (tertiary/aromatic N) is 1. The van der Waals surface area contributed by atoms with Gasteiger partial charge in [0, 0.05) is 25.9 Å². The van der Waals surface area contributed by atoms with Gasteiger partial charge in [0.2, 0.25) is 11.8 Å². The van der Waals surface area contributed by atoms with Crippen LogP contribution in [0.5, 0.6) is 0 Å². The van der Waals surface area contributed by atoms with E-state index < -0.39 is 5.97 Å². The Morgan fingerprint density at radius 2 is 1.89 bits per heavy atom. The van der Waals surface area contributed by atoms with Crippen LogP contribution in [0.1, 0.15) is 39.0 Å². The number of likely N-dealkylation sites (tertiary alicyclic amines) is 1. The number of hydrogen-bond donors (Lipinski definition) is 2. The quantitative estimate of drug-likeness (QED) is 0.740. The molecule has 1 aliphatic rings. The van der Waals surface area contributed by atoms with Crippen molar-refractivity contribution in [1.29, 1.82) is 0 Å². The Morgan fingerprint density at radius 1 is 1.26 bits per heavy atom. The lowest BCUT2D eigenvalue weighted by Crippen LogP contribution is -2.44. The van der Waals surface area contributed by atoms with Crippen LogP contribution >= 0.6 is 0 Å². The van der Waals surface area contributed by atoms with Crippen LogP contribution < -0.4 is 5.32 Å². The van der Waals surface area contributed by atoms with E-state index in [2.05, 4.69) is 5.32 Å². The number of aliphatic carboxylic acids is 1. The molecule has 0 atom stereocenters. The van der Waals surface area contributed by atoms with Crippen LogP contribution in [0.2, 0.25) is 0 Å². The Balaban J connectivity index is 2.25. The van der Waals surface area contributed by atoms with Crippen molar-refractivity contribution in [1.82, 2.24) is 10.2 Å². The van der Waals surface area contributed by atoms with Gasteiger partial charge in [-0.1, -0.05) is 6.92 Å².